The van der Waals surface area contributed by atoms with Crippen molar-refractivity contribution in [3.63, 3.8) is 0 Å². The maximum absolute atomic E-state index is 12.1. The van der Waals surface area contributed by atoms with Crippen LogP contribution < -0.4 is 14.2 Å². The maximum Gasteiger partial charge on any atom is 0.326 e. The van der Waals surface area contributed by atoms with E-state index in [0.29, 0.717) is 11.3 Å². The molecule has 0 aliphatic heterocycles. The minimum atomic E-state index is -3.64. The normalized spacial score (nSPS) is 11.1. The van der Waals surface area contributed by atoms with Crippen molar-refractivity contribution in [3.8, 4) is 11.5 Å². The fraction of sp³-hybridized carbons (Fsp3) is 0.235. The predicted molar refractivity (Wildman–Crippen MR) is 90.4 cm³/mol. The highest BCUT2D eigenvalue weighted by molar-refractivity contribution is 7.88. The number of methoxy groups -OCH3 is 1. The van der Waals surface area contributed by atoms with Crippen LogP contribution in [0, 0.1) is 6.92 Å². The van der Waals surface area contributed by atoms with Gasteiger partial charge in [-0.15, -0.1) is 0 Å². The third kappa shape index (κ3) is 5.07. The molecular formula is C17H19NO5S. The lowest BCUT2D eigenvalue weighted by Gasteiger charge is -2.10. The van der Waals surface area contributed by atoms with Crippen LogP contribution in [-0.4, -0.2) is 28.0 Å². The number of hydrogen-bond acceptors (Lipinski definition) is 5. The molecule has 2 rings (SSSR count). The molecule has 0 heterocycles. The number of hydrogen-bond donors (Lipinski definition) is 1. The zero-order chi connectivity index (χ0) is 17.6. The summed E-state index contributed by atoms with van der Waals surface area (Å²) in [6, 6.07) is 13.8. The summed E-state index contributed by atoms with van der Waals surface area (Å²) in [7, 11) is -2.19. The van der Waals surface area contributed by atoms with Crippen molar-refractivity contribution in [2.45, 2.75) is 12.7 Å². The minimum absolute atomic E-state index is 0.193. The molecule has 0 aliphatic carbocycles. The highest BCUT2D eigenvalue weighted by atomic mass is 32.2. The van der Waals surface area contributed by atoms with Crippen LogP contribution in [0.2, 0.25) is 0 Å². The molecule has 0 bridgehead atoms. The Morgan fingerprint density at radius 3 is 2.33 bits per heavy atom. The summed E-state index contributed by atoms with van der Waals surface area (Å²) in [6.45, 7) is 1.38. The number of sulfonamides is 1. The van der Waals surface area contributed by atoms with E-state index in [4.69, 9.17) is 9.47 Å². The van der Waals surface area contributed by atoms with Gasteiger partial charge in [0.2, 0.25) is 10.0 Å². The number of nitrogens with one attached hydrogen (secondary N) is 1. The molecule has 0 atom stereocenters. The van der Waals surface area contributed by atoms with Crippen LogP contribution in [0.4, 0.5) is 0 Å². The van der Waals surface area contributed by atoms with E-state index in [9.17, 15) is 13.2 Å². The van der Waals surface area contributed by atoms with Crippen molar-refractivity contribution in [3.05, 3.63) is 59.7 Å². The monoisotopic (exact) mass is 349 g/mol. The average Bonchev–Trinajstić information content (AvgIpc) is 2.56. The predicted octanol–water partition coefficient (Wildman–Crippen LogP) is 2.03. The van der Waals surface area contributed by atoms with E-state index < -0.39 is 22.5 Å². The molecule has 0 radical (unpaired) electrons. The van der Waals surface area contributed by atoms with Gasteiger partial charge in [-0.2, -0.15) is 0 Å². The Morgan fingerprint density at radius 2 is 1.67 bits per heavy atom. The SMILES string of the molecule is COc1ccccc1OC(=O)CNS(=O)(=O)Cc1ccccc1C. The minimum Gasteiger partial charge on any atom is -0.493 e. The summed E-state index contributed by atoms with van der Waals surface area (Å²) >= 11 is 0. The van der Waals surface area contributed by atoms with E-state index in [1.165, 1.54) is 7.11 Å². The van der Waals surface area contributed by atoms with Gasteiger partial charge in [-0.25, -0.2) is 13.1 Å². The Kier molecular flexibility index (Phi) is 5.94. The van der Waals surface area contributed by atoms with Gasteiger partial charge in [0, 0.05) is 0 Å². The molecule has 0 aliphatic rings. The van der Waals surface area contributed by atoms with E-state index in [1.54, 1.807) is 36.4 Å². The summed E-state index contributed by atoms with van der Waals surface area (Å²) in [5.41, 5.74) is 1.56. The standard InChI is InChI=1S/C17H19NO5S/c1-13-7-3-4-8-14(13)12-24(20,21)18-11-17(19)23-16-10-6-5-9-15(16)22-2/h3-10,18H,11-12H2,1-2H3. The van der Waals surface area contributed by atoms with Crippen molar-refractivity contribution in [1.29, 1.82) is 0 Å². The van der Waals surface area contributed by atoms with Gasteiger partial charge in [0.1, 0.15) is 6.54 Å². The number of esters is 1. The van der Waals surface area contributed by atoms with Gasteiger partial charge < -0.3 is 9.47 Å². The Bertz CT molecular complexity index is 817. The Balaban J connectivity index is 1.94. The first-order chi connectivity index (χ1) is 11.4. The molecule has 0 spiro atoms. The summed E-state index contributed by atoms with van der Waals surface area (Å²) < 4.78 is 36.6. The number of para-hydroxylation sites is 2. The van der Waals surface area contributed by atoms with Crippen LogP contribution in [0.3, 0.4) is 0 Å². The van der Waals surface area contributed by atoms with Gasteiger partial charge >= 0.3 is 5.97 Å². The second kappa shape index (κ2) is 7.94. The molecule has 0 unspecified atom stereocenters. The van der Waals surface area contributed by atoms with Gasteiger partial charge in [-0.05, 0) is 30.2 Å². The van der Waals surface area contributed by atoms with Gasteiger partial charge in [-0.1, -0.05) is 36.4 Å². The fourth-order valence-electron chi connectivity index (χ4n) is 2.06. The molecule has 128 valence electrons. The van der Waals surface area contributed by atoms with Gasteiger partial charge in [0.05, 0.1) is 12.9 Å². The van der Waals surface area contributed by atoms with Crippen LogP contribution in [0.5, 0.6) is 11.5 Å². The van der Waals surface area contributed by atoms with Crippen molar-refractivity contribution >= 4 is 16.0 Å². The molecule has 0 saturated heterocycles. The molecule has 0 amide bonds. The summed E-state index contributed by atoms with van der Waals surface area (Å²) in [6.07, 6.45) is 0. The number of aryl methyl sites for hydroxylation is 1. The quantitative estimate of drug-likeness (QED) is 0.611. The molecule has 0 saturated carbocycles. The first-order valence-corrected chi connectivity index (χ1v) is 8.92. The fourth-order valence-corrected chi connectivity index (χ4v) is 3.23. The van der Waals surface area contributed by atoms with Gasteiger partial charge in [0.25, 0.3) is 0 Å². The zero-order valence-electron chi connectivity index (χ0n) is 13.5. The Morgan fingerprint density at radius 1 is 1.04 bits per heavy atom. The molecule has 2 aromatic rings. The molecule has 7 heteroatoms. The smallest absolute Gasteiger partial charge is 0.326 e. The summed E-state index contributed by atoms with van der Waals surface area (Å²) in [5, 5.41) is 0. The lowest BCUT2D eigenvalue weighted by molar-refractivity contribution is -0.133. The number of carbonyl (C=O) groups excluding carboxylic acids is 1. The Hall–Kier alpha value is -2.38. The van der Waals surface area contributed by atoms with Crippen LogP contribution in [-0.2, 0) is 20.6 Å². The van der Waals surface area contributed by atoms with E-state index in [-0.39, 0.29) is 11.5 Å². The van der Waals surface area contributed by atoms with Crippen LogP contribution in [0.25, 0.3) is 0 Å². The first kappa shape index (κ1) is 18.0. The molecule has 2 aromatic carbocycles. The lowest BCUT2D eigenvalue weighted by Crippen LogP contribution is -2.33. The van der Waals surface area contributed by atoms with E-state index in [0.717, 1.165) is 5.56 Å². The van der Waals surface area contributed by atoms with Crippen LogP contribution >= 0.6 is 0 Å². The second-order valence-corrected chi connectivity index (χ2v) is 6.94. The van der Waals surface area contributed by atoms with Crippen molar-refractivity contribution in [2.24, 2.45) is 0 Å². The number of carbonyl (C=O) groups is 1. The van der Waals surface area contributed by atoms with E-state index in [2.05, 4.69) is 4.72 Å². The second-order valence-electron chi connectivity index (χ2n) is 5.13. The highest BCUT2D eigenvalue weighted by Gasteiger charge is 2.16. The zero-order valence-corrected chi connectivity index (χ0v) is 14.3. The van der Waals surface area contributed by atoms with E-state index in [1.807, 2.05) is 19.1 Å². The first-order valence-electron chi connectivity index (χ1n) is 7.27. The van der Waals surface area contributed by atoms with Crippen molar-refractivity contribution in [2.75, 3.05) is 13.7 Å². The summed E-state index contributed by atoms with van der Waals surface area (Å²) in [4.78, 5) is 11.8. The maximum atomic E-state index is 12.1. The molecule has 6 nitrogen and oxygen atoms in total. The van der Waals surface area contributed by atoms with Gasteiger partial charge in [0.15, 0.2) is 11.5 Å². The number of rotatable bonds is 7. The van der Waals surface area contributed by atoms with Crippen LogP contribution in [0.15, 0.2) is 48.5 Å². The lowest BCUT2D eigenvalue weighted by atomic mass is 10.1. The molecule has 24 heavy (non-hydrogen) atoms. The van der Waals surface area contributed by atoms with Crippen molar-refractivity contribution < 1.29 is 22.7 Å². The van der Waals surface area contributed by atoms with E-state index >= 15 is 0 Å². The third-order valence-corrected chi connectivity index (χ3v) is 4.61. The molecular weight excluding hydrogens is 330 g/mol. The number of ether oxygens (including phenoxy) is 2. The van der Waals surface area contributed by atoms with Crippen molar-refractivity contribution in [1.82, 2.24) is 4.72 Å². The Labute approximate surface area is 141 Å². The number of benzene rings is 2. The average molecular weight is 349 g/mol. The van der Waals surface area contributed by atoms with Gasteiger partial charge in [-0.3, -0.25) is 4.79 Å². The molecule has 1 N–H and O–H groups in total. The third-order valence-electron chi connectivity index (χ3n) is 3.34. The topological polar surface area (TPSA) is 81.7 Å². The highest BCUT2D eigenvalue weighted by Crippen LogP contribution is 2.25. The molecule has 0 aromatic heterocycles. The van der Waals surface area contributed by atoms with Crippen LogP contribution in [0.1, 0.15) is 11.1 Å². The summed E-state index contributed by atoms with van der Waals surface area (Å²) in [5.74, 6) is -0.272. The largest absolute Gasteiger partial charge is 0.493 e. The molecule has 0 fully saturated rings.